The summed E-state index contributed by atoms with van der Waals surface area (Å²) >= 11 is 0. The van der Waals surface area contributed by atoms with Crippen molar-refractivity contribution in [2.45, 2.75) is 84.5 Å². The summed E-state index contributed by atoms with van der Waals surface area (Å²) in [6.45, 7) is 16.1. The highest BCUT2D eigenvalue weighted by Crippen LogP contribution is 2.46. The molecule has 3 nitrogen and oxygen atoms in total. The van der Waals surface area contributed by atoms with Gasteiger partial charge in [-0.15, -0.1) is 0 Å². The molecule has 1 aromatic rings. The fourth-order valence-corrected chi connectivity index (χ4v) is 6.61. The van der Waals surface area contributed by atoms with Gasteiger partial charge in [0.25, 0.3) is 0 Å². The molecule has 0 radical (unpaired) electrons. The first-order valence-corrected chi connectivity index (χ1v) is 13.8. The summed E-state index contributed by atoms with van der Waals surface area (Å²) < 4.78 is 0. The van der Waals surface area contributed by atoms with Crippen LogP contribution in [0.2, 0.25) is 0 Å². The zero-order valence-corrected chi connectivity index (χ0v) is 21.1. The van der Waals surface area contributed by atoms with E-state index in [1.807, 2.05) is 0 Å². The molecule has 178 valence electrons. The molecular weight excluding hydrogens is 390 g/mol. The number of anilines is 2. The average molecular weight is 438 g/mol. The van der Waals surface area contributed by atoms with Crippen LogP contribution in [0.5, 0.6) is 0 Å². The van der Waals surface area contributed by atoms with E-state index in [-0.39, 0.29) is 0 Å². The molecule has 1 aromatic carbocycles. The number of nitrogens with zero attached hydrogens (tertiary/aromatic N) is 3. The molecule has 4 aliphatic rings. The Kier molecular flexibility index (Phi) is 6.75. The summed E-state index contributed by atoms with van der Waals surface area (Å²) in [5.41, 5.74) is 5.20. The van der Waals surface area contributed by atoms with Crippen LogP contribution >= 0.6 is 0 Å². The van der Waals surface area contributed by atoms with E-state index in [2.05, 4.69) is 53.7 Å². The van der Waals surface area contributed by atoms with Gasteiger partial charge in [-0.25, -0.2) is 0 Å². The summed E-state index contributed by atoms with van der Waals surface area (Å²) in [5.74, 6) is 2.65. The van der Waals surface area contributed by atoms with Gasteiger partial charge in [-0.3, -0.25) is 4.90 Å². The Morgan fingerprint density at radius 1 is 0.750 bits per heavy atom. The van der Waals surface area contributed by atoms with E-state index in [1.165, 1.54) is 109 Å². The molecule has 0 unspecified atom stereocenters. The molecule has 2 aliphatic carbocycles. The molecule has 0 N–H and O–H groups in total. The van der Waals surface area contributed by atoms with Crippen LogP contribution in [0.1, 0.15) is 90.0 Å². The second kappa shape index (κ2) is 9.57. The minimum Gasteiger partial charge on any atom is -0.372 e. The van der Waals surface area contributed by atoms with Crippen LogP contribution in [0.15, 0.2) is 18.2 Å². The molecule has 2 aliphatic heterocycles. The summed E-state index contributed by atoms with van der Waals surface area (Å²) in [5, 5.41) is 0. The van der Waals surface area contributed by atoms with Crippen molar-refractivity contribution in [1.29, 1.82) is 0 Å². The average Bonchev–Trinajstić information content (AvgIpc) is 3.63. The van der Waals surface area contributed by atoms with Crippen molar-refractivity contribution in [2.75, 3.05) is 55.6 Å². The van der Waals surface area contributed by atoms with E-state index in [4.69, 9.17) is 0 Å². The topological polar surface area (TPSA) is 9.72 Å². The smallest absolute Gasteiger partial charge is 0.0404 e. The van der Waals surface area contributed by atoms with Gasteiger partial charge in [-0.2, -0.15) is 0 Å². The van der Waals surface area contributed by atoms with Crippen molar-refractivity contribution >= 4 is 11.4 Å². The molecule has 2 saturated carbocycles. The molecule has 5 rings (SSSR count). The normalized spacial score (nSPS) is 28.2. The maximum Gasteiger partial charge on any atom is 0.0404 e. The number of hydrogen-bond acceptors (Lipinski definition) is 3. The van der Waals surface area contributed by atoms with Gasteiger partial charge < -0.3 is 9.80 Å². The van der Waals surface area contributed by atoms with Gasteiger partial charge >= 0.3 is 0 Å². The third kappa shape index (κ3) is 5.29. The number of rotatable bonds is 5. The van der Waals surface area contributed by atoms with Gasteiger partial charge in [0.2, 0.25) is 0 Å². The fourth-order valence-electron chi connectivity index (χ4n) is 6.61. The van der Waals surface area contributed by atoms with E-state index in [0.717, 1.165) is 17.8 Å². The Morgan fingerprint density at radius 3 is 2.06 bits per heavy atom. The van der Waals surface area contributed by atoms with Crippen molar-refractivity contribution in [1.82, 2.24) is 4.90 Å². The highest BCUT2D eigenvalue weighted by atomic mass is 15.3. The van der Waals surface area contributed by atoms with Gasteiger partial charge in [0.1, 0.15) is 0 Å². The van der Waals surface area contributed by atoms with Crippen LogP contribution in [0.3, 0.4) is 0 Å². The van der Waals surface area contributed by atoms with Crippen LogP contribution in [0, 0.1) is 17.3 Å². The third-order valence-electron chi connectivity index (χ3n) is 9.05. The standard InChI is InChI=1S/C29H47N3/c1-29(2,3)25-11-9-24(10-12-25)27-21-26(31-15-5-4-6-16-31)13-14-28(27)32-19-17-30(18-20-32)22-23-7-8-23/h13-14,21,23-25H,4-12,15-20,22H2,1-3H3. The van der Waals surface area contributed by atoms with E-state index < -0.39 is 0 Å². The van der Waals surface area contributed by atoms with E-state index in [1.54, 1.807) is 11.3 Å². The van der Waals surface area contributed by atoms with Crippen molar-refractivity contribution in [3.8, 4) is 0 Å². The zero-order valence-electron chi connectivity index (χ0n) is 21.1. The highest BCUT2D eigenvalue weighted by molar-refractivity contribution is 5.63. The molecule has 0 aromatic heterocycles. The summed E-state index contributed by atoms with van der Waals surface area (Å²) in [6, 6.07) is 7.58. The molecule has 4 fully saturated rings. The summed E-state index contributed by atoms with van der Waals surface area (Å²) in [4.78, 5) is 8.12. The van der Waals surface area contributed by atoms with Crippen molar-refractivity contribution in [3.05, 3.63) is 23.8 Å². The molecule has 0 amide bonds. The van der Waals surface area contributed by atoms with Crippen molar-refractivity contribution < 1.29 is 0 Å². The molecule has 32 heavy (non-hydrogen) atoms. The Labute approximate surface area is 197 Å². The Hall–Kier alpha value is -1.22. The number of benzene rings is 1. The van der Waals surface area contributed by atoms with Crippen LogP contribution < -0.4 is 9.80 Å². The van der Waals surface area contributed by atoms with Crippen LogP contribution in [0.4, 0.5) is 11.4 Å². The monoisotopic (exact) mass is 437 g/mol. The van der Waals surface area contributed by atoms with Gasteiger partial charge in [0.05, 0.1) is 0 Å². The minimum atomic E-state index is 0.460. The van der Waals surface area contributed by atoms with Gasteiger partial charge in [-0.05, 0) is 105 Å². The number of hydrogen-bond donors (Lipinski definition) is 0. The van der Waals surface area contributed by atoms with E-state index in [0.29, 0.717) is 5.41 Å². The predicted octanol–water partition coefficient (Wildman–Crippen LogP) is 6.53. The molecule has 0 spiro atoms. The molecular formula is C29H47N3. The first kappa shape index (κ1) is 22.6. The minimum absolute atomic E-state index is 0.460. The lowest BCUT2D eigenvalue weighted by Crippen LogP contribution is -2.47. The van der Waals surface area contributed by atoms with E-state index >= 15 is 0 Å². The summed E-state index contributed by atoms with van der Waals surface area (Å²) in [6.07, 6.45) is 12.6. The quantitative estimate of drug-likeness (QED) is 0.518. The first-order chi connectivity index (χ1) is 15.5. The van der Waals surface area contributed by atoms with Crippen LogP contribution in [-0.2, 0) is 0 Å². The zero-order chi connectivity index (χ0) is 22.1. The molecule has 3 heteroatoms. The van der Waals surface area contributed by atoms with Crippen LogP contribution in [-0.4, -0.2) is 50.7 Å². The molecule has 2 heterocycles. The van der Waals surface area contributed by atoms with Crippen LogP contribution in [0.25, 0.3) is 0 Å². The van der Waals surface area contributed by atoms with Crippen molar-refractivity contribution in [2.24, 2.45) is 17.3 Å². The second-order valence-electron chi connectivity index (χ2n) is 12.4. The lowest BCUT2D eigenvalue weighted by molar-refractivity contribution is 0.169. The lowest BCUT2D eigenvalue weighted by atomic mass is 9.68. The maximum absolute atomic E-state index is 2.73. The third-order valence-corrected chi connectivity index (χ3v) is 9.05. The van der Waals surface area contributed by atoms with Crippen molar-refractivity contribution in [3.63, 3.8) is 0 Å². The molecule has 2 saturated heterocycles. The second-order valence-corrected chi connectivity index (χ2v) is 12.4. The summed E-state index contributed by atoms with van der Waals surface area (Å²) in [7, 11) is 0. The largest absolute Gasteiger partial charge is 0.372 e. The van der Waals surface area contributed by atoms with Gasteiger partial charge in [0, 0.05) is 57.2 Å². The number of piperidine rings is 1. The Bertz CT molecular complexity index is 740. The Balaban J connectivity index is 1.33. The maximum atomic E-state index is 2.73. The van der Waals surface area contributed by atoms with Gasteiger partial charge in [-0.1, -0.05) is 20.8 Å². The molecule has 0 bridgehead atoms. The number of piperazine rings is 1. The Morgan fingerprint density at radius 2 is 1.44 bits per heavy atom. The van der Waals surface area contributed by atoms with E-state index in [9.17, 15) is 0 Å². The highest BCUT2D eigenvalue weighted by Gasteiger charge is 2.33. The fraction of sp³-hybridized carbons (Fsp3) is 0.793. The first-order valence-electron chi connectivity index (χ1n) is 13.8. The lowest BCUT2D eigenvalue weighted by Gasteiger charge is -2.41. The predicted molar refractivity (Wildman–Crippen MR) is 138 cm³/mol. The SMILES string of the molecule is CC(C)(C)C1CCC(c2cc(N3CCCCC3)ccc2N2CCN(CC3CC3)CC2)CC1. The molecule has 0 atom stereocenters. The van der Waals surface area contributed by atoms with Gasteiger partial charge in [0.15, 0.2) is 0 Å².